The molecule has 0 radical (unpaired) electrons. The number of thioether (sulfide) groups is 1. The van der Waals surface area contributed by atoms with E-state index in [0.717, 1.165) is 16.0 Å². The van der Waals surface area contributed by atoms with Crippen LogP contribution in [0.3, 0.4) is 0 Å². The van der Waals surface area contributed by atoms with E-state index in [1.165, 1.54) is 18.0 Å². The number of hydrazone groups is 1. The van der Waals surface area contributed by atoms with Crippen LogP contribution in [-0.4, -0.2) is 37.7 Å². The molecule has 2 aromatic carbocycles. The highest BCUT2D eigenvalue weighted by atomic mass is 79.9. The highest BCUT2D eigenvalue weighted by Crippen LogP contribution is 2.20. The molecule has 8 nitrogen and oxygen atoms in total. The number of para-hydroxylation sites is 1. The summed E-state index contributed by atoms with van der Waals surface area (Å²) in [5.41, 5.74) is 3.92. The second-order valence-corrected chi connectivity index (χ2v) is 8.16. The molecule has 3 aromatic rings. The fraction of sp³-hybridized carbons (Fsp3) is 0.143. The number of aromatic hydroxyl groups is 1. The quantitative estimate of drug-likeness (QED) is 0.169. The van der Waals surface area contributed by atoms with E-state index in [2.05, 4.69) is 48.6 Å². The van der Waals surface area contributed by atoms with Crippen LogP contribution in [-0.2, 0) is 17.9 Å². The van der Waals surface area contributed by atoms with E-state index < -0.39 is 0 Å². The Morgan fingerprint density at radius 3 is 2.84 bits per heavy atom. The number of hydrogen-bond acceptors (Lipinski definition) is 7. The van der Waals surface area contributed by atoms with Crippen molar-refractivity contribution in [2.75, 3.05) is 11.1 Å². The minimum absolute atomic E-state index is 0.0738. The van der Waals surface area contributed by atoms with Gasteiger partial charge in [-0.1, -0.05) is 52.0 Å². The molecule has 1 aromatic heterocycles. The van der Waals surface area contributed by atoms with Crippen molar-refractivity contribution >= 4 is 45.5 Å². The van der Waals surface area contributed by atoms with Crippen molar-refractivity contribution in [2.45, 2.75) is 18.2 Å². The lowest BCUT2D eigenvalue weighted by molar-refractivity contribution is -0.118. The smallest absolute Gasteiger partial charge is 0.250 e. The molecule has 0 spiro atoms. The average molecular weight is 501 g/mol. The third kappa shape index (κ3) is 6.69. The van der Waals surface area contributed by atoms with Crippen LogP contribution in [0.25, 0.3) is 0 Å². The number of carbonyl (C=O) groups is 1. The van der Waals surface area contributed by atoms with Gasteiger partial charge >= 0.3 is 0 Å². The van der Waals surface area contributed by atoms with Gasteiger partial charge in [0, 0.05) is 22.3 Å². The topological polar surface area (TPSA) is 104 Å². The molecular formula is C21H21BrN6O2S. The number of halogens is 1. The molecule has 0 aliphatic rings. The number of nitrogens with one attached hydrogen (secondary N) is 2. The minimum atomic E-state index is -0.298. The first kappa shape index (κ1) is 22.6. The van der Waals surface area contributed by atoms with Gasteiger partial charge in [-0.25, -0.2) is 5.43 Å². The van der Waals surface area contributed by atoms with Crippen LogP contribution in [0.15, 0.2) is 75.9 Å². The standard InChI is InChI=1S/C21H21BrN6O2S/c1-2-10-28-19(13-23-17-6-4-3-5-7-17)25-27-21(28)31-14-20(30)26-24-12-15-11-16(22)8-9-18(15)29/h2-9,11-12,23,29H,1,10,13-14H2,(H,26,30)/b24-12-. The van der Waals surface area contributed by atoms with Crippen molar-refractivity contribution < 1.29 is 9.90 Å². The second-order valence-electron chi connectivity index (χ2n) is 6.30. The molecule has 0 bridgehead atoms. The molecule has 0 saturated carbocycles. The van der Waals surface area contributed by atoms with Gasteiger partial charge in [0.2, 0.25) is 0 Å². The van der Waals surface area contributed by atoms with Crippen molar-refractivity contribution in [2.24, 2.45) is 5.10 Å². The van der Waals surface area contributed by atoms with E-state index in [0.29, 0.717) is 23.8 Å². The molecule has 31 heavy (non-hydrogen) atoms. The molecule has 3 N–H and O–H groups in total. The van der Waals surface area contributed by atoms with E-state index in [1.54, 1.807) is 24.3 Å². The Labute approximate surface area is 192 Å². The van der Waals surface area contributed by atoms with Crippen molar-refractivity contribution in [3.05, 3.63) is 77.0 Å². The maximum atomic E-state index is 12.1. The number of carbonyl (C=O) groups excluding carboxylic acids is 1. The summed E-state index contributed by atoms with van der Waals surface area (Å²) in [6, 6.07) is 14.8. The molecule has 1 amide bonds. The molecule has 3 rings (SSSR count). The van der Waals surface area contributed by atoms with E-state index >= 15 is 0 Å². The van der Waals surface area contributed by atoms with Crippen LogP contribution in [0.5, 0.6) is 5.75 Å². The number of nitrogens with zero attached hydrogens (tertiary/aromatic N) is 4. The van der Waals surface area contributed by atoms with E-state index in [9.17, 15) is 9.90 Å². The third-order valence-corrected chi connectivity index (χ3v) is 5.50. The van der Waals surface area contributed by atoms with E-state index in [1.807, 2.05) is 34.9 Å². The summed E-state index contributed by atoms with van der Waals surface area (Å²) < 4.78 is 2.71. The number of rotatable bonds is 10. The number of hydrogen-bond donors (Lipinski definition) is 3. The molecular weight excluding hydrogens is 480 g/mol. The number of allylic oxidation sites excluding steroid dienone is 1. The minimum Gasteiger partial charge on any atom is -0.507 e. The van der Waals surface area contributed by atoms with Gasteiger partial charge in [-0.05, 0) is 30.3 Å². The Balaban J connectivity index is 1.55. The summed E-state index contributed by atoms with van der Waals surface area (Å²) in [5, 5.41) is 26.0. The second kappa shape index (κ2) is 11.3. The number of phenols is 1. The zero-order valence-electron chi connectivity index (χ0n) is 16.5. The monoisotopic (exact) mass is 500 g/mol. The lowest BCUT2D eigenvalue weighted by atomic mass is 10.2. The molecule has 0 saturated heterocycles. The summed E-state index contributed by atoms with van der Waals surface area (Å²) in [6.45, 7) is 4.81. The molecule has 0 aliphatic carbocycles. The molecule has 10 heteroatoms. The van der Waals surface area contributed by atoms with Crippen molar-refractivity contribution in [3.63, 3.8) is 0 Å². The van der Waals surface area contributed by atoms with Crippen molar-refractivity contribution in [1.29, 1.82) is 0 Å². The normalized spacial score (nSPS) is 10.9. The molecule has 1 heterocycles. The zero-order valence-corrected chi connectivity index (χ0v) is 18.9. The Kier molecular flexibility index (Phi) is 8.25. The van der Waals surface area contributed by atoms with Gasteiger partial charge in [-0.2, -0.15) is 5.10 Å². The average Bonchev–Trinajstić information content (AvgIpc) is 3.16. The summed E-state index contributed by atoms with van der Waals surface area (Å²) in [5.74, 6) is 0.635. The van der Waals surface area contributed by atoms with E-state index in [-0.39, 0.29) is 17.4 Å². The molecule has 0 fully saturated rings. The molecule has 160 valence electrons. The Morgan fingerprint density at radius 2 is 2.06 bits per heavy atom. The largest absolute Gasteiger partial charge is 0.507 e. The van der Waals surface area contributed by atoms with Crippen LogP contribution < -0.4 is 10.7 Å². The summed E-state index contributed by atoms with van der Waals surface area (Å²) in [6.07, 6.45) is 3.14. The van der Waals surface area contributed by atoms with Gasteiger partial charge < -0.3 is 15.0 Å². The van der Waals surface area contributed by atoms with Crippen LogP contribution in [0.1, 0.15) is 11.4 Å². The van der Waals surface area contributed by atoms with Gasteiger partial charge in [0.05, 0.1) is 18.5 Å². The highest BCUT2D eigenvalue weighted by Gasteiger charge is 2.13. The van der Waals surface area contributed by atoms with Gasteiger partial charge in [0.15, 0.2) is 11.0 Å². The van der Waals surface area contributed by atoms with Crippen LogP contribution >= 0.6 is 27.7 Å². The van der Waals surface area contributed by atoms with Gasteiger partial charge in [0.25, 0.3) is 5.91 Å². The predicted molar refractivity (Wildman–Crippen MR) is 126 cm³/mol. The SMILES string of the molecule is C=CCn1c(CNc2ccccc2)nnc1SCC(=O)N/N=C\c1cc(Br)ccc1O. The van der Waals surface area contributed by atoms with Crippen LogP contribution in [0.2, 0.25) is 0 Å². The fourth-order valence-corrected chi connectivity index (χ4v) is 3.71. The Morgan fingerprint density at radius 1 is 1.26 bits per heavy atom. The van der Waals surface area contributed by atoms with Gasteiger partial charge in [-0.15, -0.1) is 16.8 Å². The Hall–Kier alpha value is -3.11. The summed E-state index contributed by atoms with van der Waals surface area (Å²) >= 11 is 4.58. The molecule has 0 aliphatic heterocycles. The van der Waals surface area contributed by atoms with Crippen molar-refractivity contribution in [3.8, 4) is 5.75 Å². The summed E-state index contributed by atoms with van der Waals surface area (Å²) in [7, 11) is 0. The maximum Gasteiger partial charge on any atom is 0.250 e. The first-order valence-corrected chi connectivity index (χ1v) is 11.1. The third-order valence-electron chi connectivity index (χ3n) is 4.04. The lowest BCUT2D eigenvalue weighted by Crippen LogP contribution is -2.20. The summed E-state index contributed by atoms with van der Waals surface area (Å²) in [4.78, 5) is 12.1. The number of amides is 1. The predicted octanol–water partition coefficient (Wildman–Crippen LogP) is 3.79. The fourth-order valence-electron chi connectivity index (χ4n) is 2.57. The van der Waals surface area contributed by atoms with E-state index in [4.69, 9.17) is 0 Å². The van der Waals surface area contributed by atoms with Gasteiger partial charge in [-0.3, -0.25) is 4.79 Å². The number of benzene rings is 2. The van der Waals surface area contributed by atoms with Crippen LogP contribution in [0, 0.1) is 0 Å². The van der Waals surface area contributed by atoms with Crippen LogP contribution in [0.4, 0.5) is 5.69 Å². The number of phenolic OH excluding ortho intramolecular Hbond substituents is 1. The Bertz CT molecular complexity index is 1070. The lowest BCUT2D eigenvalue weighted by Gasteiger charge is -2.09. The molecule has 0 atom stereocenters. The molecule has 0 unspecified atom stereocenters. The zero-order chi connectivity index (χ0) is 22.1. The first-order valence-electron chi connectivity index (χ1n) is 9.32. The maximum absolute atomic E-state index is 12.1. The first-order chi connectivity index (χ1) is 15.1. The highest BCUT2D eigenvalue weighted by molar-refractivity contribution is 9.10. The number of aromatic nitrogens is 3. The number of anilines is 1. The van der Waals surface area contributed by atoms with Gasteiger partial charge in [0.1, 0.15) is 5.75 Å². The van der Waals surface area contributed by atoms with Crippen molar-refractivity contribution in [1.82, 2.24) is 20.2 Å².